The molecule has 0 unspecified atom stereocenters. The number of carbonyl (C=O) groups is 1. The number of nitrogens with two attached hydrogens (primary N) is 1. The van der Waals surface area contributed by atoms with Crippen LogP contribution in [0.5, 0.6) is 5.75 Å². The fourth-order valence-electron chi connectivity index (χ4n) is 2.98. The number of rotatable bonds is 5. The normalized spacial score (nSPS) is 20.1. The second-order valence-electron chi connectivity index (χ2n) is 7.41. The second-order valence-corrected chi connectivity index (χ2v) is 9.41. The smallest absolute Gasteiger partial charge is 0.278 e. The lowest BCUT2D eigenvalue weighted by Gasteiger charge is -2.33. The molecule has 16 heteroatoms. The predicted molar refractivity (Wildman–Crippen MR) is 117 cm³/mol. The standard InChI is InChI=1S/C17H15B3F2N6O4S/c1-16(7-33(30,31)28(2)15(23)27-16)13-9(21)3-4-11(25-13)26-14(29)12-10(22)5-8(6-24-12)32-17(18,19)20/h3-6H,7H2,1-2H3,(H2,23,27)(H,25,26,29)/t16-/m0/s1. The number of nitrogens with one attached hydrogen (secondary N) is 1. The summed E-state index contributed by atoms with van der Waals surface area (Å²) in [6.07, 6.45) is 0.963. The maximum Gasteiger partial charge on any atom is 0.278 e. The first-order valence-corrected chi connectivity index (χ1v) is 10.7. The van der Waals surface area contributed by atoms with E-state index in [0.29, 0.717) is 0 Å². The number of nitrogens with zero attached hydrogens (tertiary/aromatic N) is 4. The zero-order chi connectivity index (χ0) is 24.8. The third-order valence-corrected chi connectivity index (χ3v) is 6.44. The Balaban J connectivity index is 1.90. The summed E-state index contributed by atoms with van der Waals surface area (Å²) in [6, 6.07) is 2.83. The Morgan fingerprint density at radius 3 is 2.55 bits per heavy atom. The van der Waals surface area contributed by atoms with Crippen molar-refractivity contribution < 1.29 is 26.7 Å². The van der Waals surface area contributed by atoms with Gasteiger partial charge in [0.1, 0.15) is 57.9 Å². The van der Waals surface area contributed by atoms with E-state index in [9.17, 15) is 22.0 Å². The van der Waals surface area contributed by atoms with Crippen molar-refractivity contribution in [2.75, 3.05) is 18.1 Å². The highest BCUT2D eigenvalue weighted by atomic mass is 32.2. The molecule has 0 fully saturated rings. The van der Waals surface area contributed by atoms with Gasteiger partial charge in [-0.1, -0.05) is 0 Å². The predicted octanol–water partition coefficient (Wildman–Crippen LogP) is -0.692. The average molecular weight is 470 g/mol. The molecule has 2 aromatic rings. The fraction of sp³-hybridized carbons (Fsp3) is 0.294. The Morgan fingerprint density at radius 1 is 1.30 bits per heavy atom. The van der Waals surface area contributed by atoms with Gasteiger partial charge in [0.15, 0.2) is 11.5 Å². The number of halogens is 2. The number of carbonyl (C=O) groups excluding carboxylic acids is 1. The molecule has 10 nitrogen and oxygen atoms in total. The van der Waals surface area contributed by atoms with Crippen LogP contribution in [-0.4, -0.2) is 76.2 Å². The van der Waals surface area contributed by atoms with E-state index in [4.69, 9.17) is 34.0 Å². The van der Waals surface area contributed by atoms with Crippen LogP contribution in [0, 0.1) is 11.6 Å². The lowest BCUT2D eigenvalue weighted by Crippen LogP contribution is -2.50. The van der Waals surface area contributed by atoms with Crippen LogP contribution in [0.4, 0.5) is 14.6 Å². The number of aromatic nitrogens is 2. The van der Waals surface area contributed by atoms with Gasteiger partial charge in [-0.05, 0) is 24.4 Å². The van der Waals surface area contributed by atoms with Crippen LogP contribution in [0.3, 0.4) is 0 Å². The summed E-state index contributed by atoms with van der Waals surface area (Å²) in [5.74, 6) is -4.44. The van der Waals surface area contributed by atoms with Crippen molar-refractivity contribution in [2.24, 2.45) is 10.7 Å². The highest BCUT2D eigenvalue weighted by Crippen LogP contribution is 2.33. The maximum atomic E-state index is 14.6. The van der Waals surface area contributed by atoms with Crippen molar-refractivity contribution in [3.8, 4) is 5.75 Å². The Morgan fingerprint density at radius 2 is 1.97 bits per heavy atom. The number of pyridine rings is 2. The first-order chi connectivity index (χ1) is 15.1. The van der Waals surface area contributed by atoms with E-state index < -0.39 is 49.8 Å². The van der Waals surface area contributed by atoms with Crippen LogP contribution in [0.25, 0.3) is 0 Å². The first kappa shape index (κ1) is 24.5. The molecule has 0 saturated heterocycles. The summed E-state index contributed by atoms with van der Waals surface area (Å²) in [7, 11) is 13.1. The molecule has 1 aliphatic rings. The third kappa shape index (κ3) is 5.26. The van der Waals surface area contributed by atoms with E-state index in [2.05, 4.69) is 20.3 Å². The van der Waals surface area contributed by atoms with E-state index in [1.54, 1.807) is 0 Å². The van der Waals surface area contributed by atoms with Crippen LogP contribution in [0.2, 0.25) is 0 Å². The molecule has 166 valence electrons. The lowest BCUT2D eigenvalue weighted by atomic mass is 9.52. The monoisotopic (exact) mass is 470 g/mol. The van der Waals surface area contributed by atoms with Crippen LogP contribution >= 0.6 is 0 Å². The summed E-state index contributed by atoms with van der Waals surface area (Å²) < 4.78 is 59.2. The van der Waals surface area contributed by atoms with Gasteiger partial charge in [-0.3, -0.25) is 4.79 Å². The summed E-state index contributed by atoms with van der Waals surface area (Å²) in [4.78, 5) is 24.1. The molecule has 33 heavy (non-hydrogen) atoms. The van der Waals surface area contributed by atoms with Gasteiger partial charge < -0.3 is 15.8 Å². The second kappa shape index (κ2) is 8.32. The molecule has 0 saturated carbocycles. The quantitative estimate of drug-likeness (QED) is 0.552. The van der Waals surface area contributed by atoms with Crippen molar-refractivity contribution in [2.45, 2.75) is 17.8 Å². The molecule has 0 bridgehead atoms. The van der Waals surface area contributed by atoms with Gasteiger partial charge in [0.05, 0.1) is 6.20 Å². The molecule has 0 spiro atoms. The van der Waals surface area contributed by atoms with Gasteiger partial charge in [0.25, 0.3) is 5.91 Å². The Labute approximate surface area is 192 Å². The zero-order valence-corrected chi connectivity index (χ0v) is 18.2. The molecule has 1 aliphatic heterocycles. The lowest BCUT2D eigenvalue weighted by molar-refractivity contribution is 0.101. The van der Waals surface area contributed by atoms with Crippen molar-refractivity contribution in [3.63, 3.8) is 0 Å². The molecule has 2 aromatic heterocycles. The van der Waals surface area contributed by atoms with Gasteiger partial charge in [-0.2, -0.15) is 0 Å². The van der Waals surface area contributed by atoms with Gasteiger partial charge in [-0.15, -0.1) is 0 Å². The van der Waals surface area contributed by atoms with Gasteiger partial charge in [0, 0.05) is 13.1 Å². The highest BCUT2D eigenvalue weighted by Gasteiger charge is 2.43. The summed E-state index contributed by atoms with van der Waals surface area (Å²) in [5.41, 5.74) is 2.96. The van der Waals surface area contributed by atoms with E-state index in [1.807, 2.05) is 0 Å². The molecule has 1 amide bonds. The highest BCUT2D eigenvalue weighted by molar-refractivity contribution is 7.89. The van der Waals surface area contributed by atoms with Gasteiger partial charge in [-0.25, -0.2) is 36.5 Å². The zero-order valence-electron chi connectivity index (χ0n) is 17.4. The van der Waals surface area contributed by atoms with Crippen LogP contribution < -0.4 is 15.8 Å². The largest absolute Gasteiger partial charge is 0.514 e. The third-order valence-electron chi connectivity index (χ3n) is 4.49. The van der Waals surface area contributed by atoms with Crippen LogP contribution in [0.1, 0.15) is 23.1 Å². The molecule has 3 rings (SSSR count). The summed E-state index contributed by atoms with van der Waals surface area (Å²) in [6.45, 7) is 1.33. The number of anilines is 1. The molecule has 6 radical (unpaired) electrons. The van der Waals surface area contributed by atoms with Gasteiger partial charge >= 0.3 is 0 Å². The maximum absolute atomic E-state index is 14.6. The van der Waals surface area contributed by atoms with Crippen molar-refractivity contribution in [1.29, 1.82) is 0 Å². The van der Waals surface area contributed by atoms with Crippen LogP contribution in [-0.2, 0) is 15.6 Å². The molecular weight excluding hydrogens is 455 g/mol. The number of guanidine groups is 1. The van der Waals surface area contributed by atoms with E-state index in [-0.39, 0.29) is 23.2 Å². The summed E-state index contributed by atoms with van der Waals surface area (Å²) in [5, 5.41) is 0.170. The van der Waals surface area contributed by atoms with E-state index in [0.717, 1.165) is 28.7 Å². The minimum Gasteiger partial charge on any atom is -0.514 e. The Hall–Kier alpha value is -3.16. The summed E-state index contributed by atoms with van der Waals surface area (Å²) >= 11 is 0. The van der Waals surface area contributed by atoms with Crippen LogP contribution in [0.15, 0.2) is 29.4 Å². The fourth-order valence-corrected chi connectivity index (χ4v) is 4.41. The first-order valence-electron chi connectivity index (χ1n) is 9.13. The number of hydrogen-bond donors (Lipinski definition) is 2. The number of ether oxygens (including phenoxy) is 1. The topological polar surface area (TPSA) is 140 Å². The number of amides is 1. The molecular formula is C17H15B3F2N6O4S. The number of hydrogen-bond acceptors (Lipinski definition) is 8. The molecule has 3 heterocycles. The van der Waals surface area contributed by atoms with E-state index >= 15 is 0 Å². The molecule has 0 aliphatic carbocycles. The Bertz CT molecular complexity index is 1260. The molecule has 3 N–H and O–H groups in total. The van der Waals surface area contributed by atoms with Crippen molar-refractivity contribution >= 4 is 51.2 Å². The minimum atomic E-state index is -3.90. The van der Waals surface area contributed by atoms with Crippen molar-refractivity contribution in [3.05, 3.63) is 47.4 Å². The molecule has 1 atom stereocenters. The number of aliphatic imine (C=N–C) groups is 1. The molecule has 0 aromatic carbocycles. The van der Waals surface area contributed by atoms with E-state index in [1.165, 1.54) is 14.0 Å². The Kier molecular flexibility index (Phi) is 6.17. The van der Waals surface area contributed by atoms with Crippen molar-refractivity contribution in [1.82, 2.24) is 14.3 Å². The minimum absolute atomic E-state index is 0.214. The van der Waals surface area contributed by atoms with Gasteiger partial charge in [0.2, 0.25) is 16.0 Å². The average Bonchev–Trinajstić information content (AvgIpc) is 2.66. The number of sulfonamides is 1. The SMILES string of the molecule is [B]C([B])([B])Oc1cnc(C(=O)Nc2ccc(F)c([C@]3(C)CS(=O)(=O)N(C)C(N)=N3)n2)c(F)c1.